The number of rotatable bonds is 4. The second-order valence-electron chi connectivity index (χ2n) is 6.45. The molecular weight excluding hydrogens is 393 g/mol. The minimum Gasteiger partial charge on any atom is -0.324 e. The fraction of sp³-hybridized carbons (Fsp3) is 0.0500. The average molecular weight is 409 g/mol. The maximum atomic E-state index is 14.2. The Kier molecular flexibility index (Phi) is 4.69. The number of aryl methyl sites for hydroxylation is 1. The predicted octanol–water partition coefficient (Wildman–Crippen LogP) is 3.53. The molecule has 0 saturated heterocycles. The van der Waals surface area contributed by atoms with Gasteiger partial charge in [0.2, 0.25) is 21.9 Å². The second-order valence-corrected chi connectivity index (χ2v) is 8.01. The molecule has 7 nitrogen and oxygen atoms in total. The quantitative estimate of drug-likeness (QED) is 0.499. The molecule has 0 bridgehead atoms. The van der Waals surface area contributed by atoms with Crippen molar-refractivity contribution in [3.05, 3.63) is 72.4 Å². The molecule has 29 heavy (non-hydrogen) atoms. The topological polar surface area (TPSA) is 111 Å². The highest BCUT2D eigenvalue weighted by Crippen LogP contribution is 2.26. The van der Waals surface area contributed by atoms with Crippen molar-refractivity contribution in [1.82, 2.24) is 15.0 Å². The molecule has 3 N–H and O–H groups in total. The molecule has 4 rings (SSSR count). The van der Waals surface area contributed by atoms with E-state index in [9.17, 15) is 12.8 Å². The van der Waals surface area contributed by atoms with Crippen molar-refractivity contribution >= 4 is 32.6 Å². The zero-order valence-electron chi connectivity index (χ0n) is 15.3. The molecule has 0 amide bonds. The first kappa shape index (κ1) is 18.9. The van der Waals surface area contributed by atoms with Gasteiger partial charge in [-0.2, -0.15) is 4.39 Å². The van der Waals surface area contributed by atoms with E-state index < -0.39 is 16.0 Å². The summed E-state index contributed by atoms with van der Waals surface area (Å²) in [6.07, 6.45) is 1.65. The van der Waals surface area contributed by atoms with Crippen molar-refractivity contribution in [2.24, 2.45) is 5.14 Å². The van der Waals surface area contributed by atoms with E-state index in [1.165, 1.54) is 12.1 Å². The minimum absolute atomic E-state index is 0.0147. The number of fused-ring (bicyclic) bond motifs is 1. The predicted molar refractivity (Wildman–Crippen MR) is 109 cm³/mol. The Morgan fingerprint density at radius 3 is 2.45 bits per heavy atom. The molecule has 2 heterocycles. The molecule has 4 aromatic rings. The highest BCUT2D eigenvalue weighted by molar-refractivity contribution is 7.89. The van der Waals surface area contributed by atoms with Crippen molar-refractivity contribution < 1.29 is 12.8 Å². The van der Waals surface area contributed by atoms with Gasteiger partial charge < -0.3 is 5.32 Å². The summed E-state index contributed by atoms with van der Waals surface area (Å²) in [7, 11) is -3.75. The van der Waals surface area contributed by atoms with Gasteiger partial charge in [0.15, 0.2) is 0 Å². The SMILES string of the molecule is Cc1ccc(-c2ccc3cnc(Nc4ccc(S(N)(=O)=O)cc4)nc3c2)c(F)n1. The van der Waals surface area contributed by atoms with Crippen LogP contribution in [0.15, 0.2) is 65.7 Å². The fourth-order valence-electron chi connectivity index (χ4n) is 2.85. The van der Waals surface area contributed by atoms with E-state index in [0.29, 0.717) is 34.0 Å². The van der Waals surface area contributed by atoms with E-state index in [1.54, 1.807) is 49.5 Å². The number of hydrogen-bond donors (Lipinski definition) is 2. The van der Waals surface area contributed by atoms with Crippen LogP contribution in [0.5, 0.6) is 0 Å². The first-order valence-corrected chi connectivity index (χ1v) is 10.1. The number of pyridine rings is 1. The van der Waals surface area contributed by atoms with Crippen LogP contribution in [0.25, 0.3) is 22.0 Å². The Morgan fingerprint density at radius 2 is 1.76 bits per heavy atom. The lowest BCUT2D eigenvalue weighted by Gasteiger charge is -2.08. The summed E-state index contributed by atoms with van der Waals surface area (Å²) in [6.45, 7) is 1.73. The lowest BCUT2D eigenvalue weighted by Crippen LogP contribution is -2.11. The second kappa shape index (κ2) is 7.19. The van der Waals surface area contributed by atoms with E-state index in [1.807, 2.05) is 6.07 Å². The van der Waals surface area contributed by atoms with Crippen LogP contribution < -0.4 is 10.5 Å². The number of hydrogen-bond acceptors (Lipinski definition) is 6. The monoisotopic (exact) mass is 409 g/mol. The minimum atomic E-state index is -3.75. The molecule has 0 aliphatic heterocycles. The highest BCUT2D eigenvalue weighted by atomic mass is 32.2. The molecule has 2 aromatic heterocycles. The Labute approximate surface area is 166 Å². The summed E-state index contributed by atoms with van der Waals surface area (Å²) in [6, 6.07) is 14.7. The van der Waals surface area contributed by atoms with Crippen molar-refractivity contribution in [2.75, 3.05) is 5.32 Å². The van der Waals surface area contributed by atoms with Crippen LogP contribution in [-0.2, 0) is 10.0 Å². The number of sulfonamides is 1. The lowest BCUT2D eigenvalue weighted by molar-refractivity contribution is 0.584. The third kappa shape index (κ3) is 4.05. The third-order valence-electron chi connectivity index (χ3n) is 4.32. The molecule has 0 aliphatic rings. The van der Waals surface area contributed by atoms with Crippen LogP contribution >= 0.6 is 0 Å². The van der Waals surface area contributed by atoms with Gasteiger partial charge in [-0.05, 0) is 55.0 Å². The van der Waals surface area contributed by atoms with Crippen LogP contribution in [-0.4, -0.2) is 23.4 Å². The van der Waals surface area contributed by atoms with Gasteiger partial charge in [-0.1, -0.05) is 12.1 Å². The molecular formula is C20H16FN5O2S. The number of nitrogens with two attached hydrogens (primary N) is 1. The van der Waals surface area contributed by atoms with Crippen LogP contribution in [0.3, 0.4) is 0 Å². The maximum absolute atomic E-state index is 14.2. The van der Waals surface area contributed by atoms with Gasteiger partial charge >= 0.3 is 0 Å². The van der Waals surface area contributed by atoms with E-state index in [4.69, 9.17) is 5.14 Å². The van der Waals surface area contributed by atoms with Crippen LogP contribution in [0.1, 0.15) is 5.69 Å². The molecule has 0 fully saturated rings. The van der Waals surface area contributed by atoms with Crippen LogP contribution in [0, 0.1) is 12.9 Å². The van der Waals surface area contributed by atoms with Crippen molar-refractivity contribution in [3.63, 3.8) is 0 Å². The highest BCUT2D eigenvalue weighted by Gasteiger charge is 2.10. The van der Waals surface area contributed by atoms with Gasteiger partial charge in [-0.25, -0.2) is 28.5 Å². The van der Waals surface area contributed by atoms with Crippen molar-refractivity contribution in [2.45, 2.75) is 11.8 Å². The summed E-state index contributed by atoms with van der Waals surface area (Å²) in [5, 5.41) is 8.90. The zero-order chi connectivity index (χ0) is 20.6. The number of primary sulfonamides is 1. The van der Waals surface area contributed by atoms with Gasteiger partial charge in [0.05, 0.1) is 10.4 Å². The summed E-state index contributed by atoms with van der Waals surface area (Å²) in [5.74, 6) is -0.216. The Morgan fingerprint density at radius 1 is 1.00 bits per heavy atom. The van der Waals surface area contributed by atoms with Gasteiger partial charge in [0.25, 0.3) is 0 Å². The molecule has 2 aromatic carbocycles. The van der Waals surface area contributed by atoms with Crippen LogP contribution in [0.4, 0.5) is 16.0 Å². The number of nitrogens with one attached hydrogen (secondary N) is 1. The summed E-state index contributed by atoms with van der Waals surface area (Å²) in [5.41, 5.74) is 2.88. The van der Waals surface area contributed by atoms with Gasteiger partial charge in [-0.15, -0.1) is 0 Å². The Bertz CT molecular complexity index is 1320. The summed E-state index contributed by atoms with van der Waals surface area (Å²) < 4.78 is 36.9. The maximum Gasteiger partial charge on any atom is 0.238 e. The van der Waals surface area contributed by atoms with E-state index in [-0.39, 0.29) is 4.90 Å². The third-order valence-corrected chi connectivity index (χ3v) is 5.25. The van der Waals surface area contributed by atoms with E-state index in [0.717, 1.165) is 5.39 Å². The van der Waals surface area contributed by atoms with Crippen molar-refractivity contribution in [3.8, 4) is 11.1 Å². The Balaban J connectivity index is 1.66. The van der Waals surface area contributed by atoms with Gasteiger partial charge in [0.1, 0.15) is 0 Å². The van der Waals surface area contributed by atoms with Gasteiger partial charge in [0, 0.05) is 28.5 Å². The Hall–Kier alpha value is -3.43. The van der Waals surface area contributed by atoms with Gasteiger partial charge in [-0.3, -0.25) is 0 Å². The normalized spacial score (nSPS) is 11.6. The lowest BCUT2D eigenvalue weighted by atomic mass is 10.1. The number of nitrogens with zero attached hydrogens (tertiary/aromatic N) is 3. The summed E-state index contributed by atoms with van der Waals surface area (Å²) >= 11 is 0. The smallest absolute Gasteiger partial charge is 0.238 e. The molecule has 0 radical (unpaired) electrons. The molecule has 0 saturated carbocycles. The largest absolute Gasteiger partial charge is 0.324 e. The molecule has 9 heteroatoms. The molecule has 146 valence electrons. The van der Waals surface area contributed by atoms with Crippen LogP contribution in [0.2, 0.25) is 0 Å². The number of halogens is 1. The van der Waals surface area contributed by atoms with E-state index in [2.05, 4.69) is 20.3 Å². The average Bonchev–Trinajstić information content (AvgIpc) is 2.67. The number of benzene rings is 2. The molecule has 0 unspecified atom stereocenters. The number of anilines is 2. The first-order valence-electron chi connectivity index (χ1n) is 8.60. The molecule has 0 spiro atoms. The first-order chi connectivity index (χ1) is 13.8. The van der Waals surface area contributed by atoms with Crippen molar-refractivity contribution in [1.29, 1.82) is 0 Å². The summed E-state index contributed by atoms with van der Waals surface area (Å²) in [4.78, 5) is 12.6. The number of aromatic nitrogens is 3. The zero-order valence-corrected chi connectivity index (χ0v) is 16.1. The molecule has 0 aliphatic carbocycles. The fourth-order valence-corrected chi connectivity index (χ4v) is 3.36. The standard InChI is InChI=1S/C20H16FN5O2S/c1-12-2-9-17(19(21)24-12)13-3-4-14-11-23-20(26-18(14)10-13)25-15-5-7-16(8-6-15)29(22,27)28/h2-11H,1H3,(H2,22,27,28)(H,23,25,26). The van der Waals surface area contributed by atoms with E-state index >= 15 is 0 Å². The molecule has 0 atom stereocenters.